The zero-order chi connectivity index (χ0) is 14.8. The molecule has 1 aliphatic rings. The predicted octanol–water partition coefficient (Wildman–Crippen LogP) is 4.07. The van der Waals surface area contributed by atoms with Gasteiger partial charge >= 0.3 is 0 Å². The highest BCUT2D eigenvalue weighted by Gasteiger charge is 2.30. The van der Waals surface area contributed by atoms with Crippen molar-refractivity contribution in [1.82, 2.24) is 0 Å². The van der Waals surface area contributed by atoms with Crippen LogP contribution in [0, 0.1) is 0 Å². The van der Waals surface area contributed by atoms with Crippen LogP contribution in [0.5, 0.6) is 0 Å². The number of carbonyl (C=O) groups excluding carboxylic acids is 1. The third kappa shape index (κ3) is 2.62. The van der Waals surface area contributed by atoms with Gasteiger partial charge in [-0.25, -0.2) is 0 Å². The first-order valence-corrected chi connectivity index (χ1v) is 7.31. The lowest BCUT2D eigenvalue weighted by atomic mass is 10.1. The zero-order valence-corrected chi connectivity index (χ0v) is 12.4. The van der Waals surface area contributed by atoms with Crippen LogP contribution in [0.1, 0.15) is 25.0 Å². The smallest absolute Gasteiger partial charge is 0.254 e. The summed E-state index contributed by atoms with van der Waals surface area (Å²) in [7, 11) is 0. The lowest BCUT2D eigenvalue weighted by Crippen LogP contribution is -2.36. The number of hydrogen-bond donors (Lipinski definition) is 0. The van der Waals surface area contributed by atoms with E-state index in [1.807, 2.05) is 66.4 Å². The summed E-state index contributed by atoms with van der Waals surface area (Å²) in [6.45, 7) is 4.00. The highest BCUT2D eigenvalue weighted by molar-refractivity contribution is 6.09. The summed E-state index contributed by atoms with van der Waals surface area (Å²) >= 11 is 0. The number of para-hydroxylation sites is 1. The Morgan fingerprint density at radius 3 is 2.52 bits per heavy atom. The number of amides is 1. The van der Waals surface area contributed by atoms with Crippen LogP contribution < -0.4 is 4.90 Å². The van der Waals surface area contributed by atoms with Crippen LogP contribution in [0.4, 0.5) is 5.69 Å². The van der Waals surface area contributed by atoms with E-state index in [1.165, 1.54) is 5.56 Å². The predicted molar refractivity (Wildman–Crippen MR) is 87.2 cm³/mol. The Morgan fingerprint density at radius 2 is 1.76 bits per heavy atom. The Kier molecular flexibility index (Phi) is 3.61. The van der Waals surface area contributed by atoms with Crippen molar-refractivity contribution in [2.45, 2.75) is 26.3 Å². The van der Waals surface area contributed by atoms with Gasteiger partial charge in [0.05, 0.1) is 0 Å². The van der Waals surface area contributed by atoms with Crippen molar-refractivity contribution in [2.75, 3.05) is 4.90 Å². The lowest BCUT2D eigenvalue weighted by Gasteiger charge is -2.23. The average molecular weight is 277 g/mol. The maximum Gasteiger partial charge on any atom is 0.254 e. The first-order chi connectivity index (χ1) is 10.2. The van der Waals surface area contributed by atoms with Crippen molar-refractivity contribution in [3.8, 4) is 0 Å². The number of anilines is 1. The Morgan fingerprint density at radius 1 is 1.10 bits per heavy atom. The van der Waals surface area contributed by atoms with Gasteiger partial charge < -0.3 is 4.90 Å². The standard InChI is InChI=1S/C19H19NO/c1-14(12-16-8-4-3-5-9-16)19(21)20-15(2)13-17-10-6-7-11-18(17)20/h3-12,15H,13H2,1-2H3/b14-12+. The topological polar surface area (TPSA) is 20.3 Å². The summed E-state index contributed by atoms with van der Waals surface area (Å²) in [5.41, 5.74) is 4.13. The number of fused-ring (bicyclic) bond motifs is 1. The van der Waals surface area contributed by atoms with Crippen LogP contribution in [0.2, 0.25) is 0 Å². The molecule has 0 radical (unpaired) electrons. The molecule has 0 bridgehead atoms. The number of carbonyl (C=O) groups is 1. The molecule has 2 nitrogen and oxygen atoms in total. The third-order valence-electron chi connectivity index (χ3n) is 3.95. The van der Waals surface area contributed by atoms with Gasteiger partial charge in [0, 0.05) is 17.3 Å². The van der Waals surface area contributed by atoms with Gasteiger partial charge in [0.1, 0.15) is 0 Å². The van der Waals surface area contributed by atoms with Crippen LogP contribution in [-0.4, -0.2) is 11.9 Å². The quantitative estimate of drug-likeness (QED) is 0.758. The average Bonchev–Trinajstić information content (AvgIpc) is 2.83. The first-order valence-electron chi connectivity index (χ1n) is 7.31. The molecule has 2 heteroatoms. The maximum absolute atomic E-state index is 12.8. The fourth-order valence-electron chi connectivity index (χ4n) is 2.93. The Bertz CT molecular complexity index is 688. The molecule has 0 saturated carbocycles. The molecule has 2 aromatic rings. The molecule has 3 rings (SSSR count). The SMILES string of the molecule is C/C(=C\c1ccccc1)C(=O)N1c2ccccc2CC1C. The molecule has 0 spiro atoms. The lowest BCUT2D eigenvalue weighted by molar-refractivity contribution is -0.115. The number of hydrogen-bond acceptors (Lipinski definition) is 1. The van der Waals surface area contributed by atoms with Gasteiger partial charge in [-0.15, -0.1) is 0 Å². The van der Waals surface area contributed by atoms with E-state index >= 15 is 0 Å². The van der Waals surface area contributed by atoms with E-state index in [-0.39, 0.29) is 11.9 Å². The molecule has 21 heavy (non-hydrogen) atoms. The van der Waals surface area contributed by atoms with E-state index in [9.17, 15) is 4.79 Å². The molecule has 1 heterocycles. The van der Waals surface area contributed by atoms with Crippen LogP contribution in [0.15, 0.2) is 60.2 Å². The Hall–Kier alpha value is -2.35. The largest absolute Gasteiger partial charge is 0.305 e. The summed E-state index contributed by atoms with van der Waals surface area (Å²) in [5, 5.41) is 0. The first kappa shape index (κ1) is 13.6. The number of nitrogens with zero attached hydrogens (tertiary/aromatic N) is 1. The van der Waals surface area contributed by atoms with Gasteiger partial charge in [-0.1, -0.05) is 48.5 Å². The molecule has 1 unspecified atom stereocenters. The second-order valence-corrected chi connectivity index (χ2v) is 5.60. The minimum absolute atomic E-state index is 0.0938. The highest BCUT2D eigenvalue weighted by Crippen LogP contribution is 2.33. The van der Waals surface area contributed by atoms with Crippen LogP contribution in [-0.2, 0) is 11.2 Å². The third-order valence-corrected chi connectivity index (χ3v) is 3.95. The van der Waals surface area contributed by atoms with Crippen molar-refractivity contribution in [1.29, 1.82) is 0 Å². The van der Waals surface area contributed by atoms with Crippen molar-refractivity contribution >= 4 is 17.7 Å². The molecule has 2 aromatic carbocycles. The van der Waals surface area contributed by atoms with Gasteiger partial charge in [-0.3, -0.25) is 4.79 Å². The second kappa shape index (κ2) is 5.57. The fraction of sp³-hybridized carbons (Fsp3) is 0.211. The van der Waals surface area contributed by atoms with Gasteiger partial charge in [-0.05, 0) is 43.5 Å². The van der Waals surface area contributed by atoms with E-state index in [4.69, 9.17) is 0 Å². The minimum Gasteiger partial charge on any atom is -0.305 e. The molecule has 1 aliphatic heterocycles. The molecular weight excluding hydrogens is 258 g/mol. The monoisotopic (exact) mass is 277 g/mol. The Labute approximate surface area is 125 Å². The van der Waals surface area contributed by atoms with Crippen molar-refractivity contribution < 1.29 is 4.79 Å². The molecule has 0 aliphatic carbocycles. The maximum atomic E-state index is 12.8. The van der Waals surface area contributed by atoms with E-state index in [1.54, 1.807) is 0 Å². The normalized spacial score (nSPS) is 17.7. The van der Waals surface area contributed by atoms with E-state index in [0.29, 0.717) is 0 Å². The molecule has 1 amide bonds. The molecule has 0 saturated heterocycles. The molecule has 0 fully saturated rings. The fourth-order valence-corrected chi connectivity index (χ4v) is 2.93. The van der Waals surface area contributed by atoms with Crippen molar-refractivity contribution in [2.24, 2.45) is 0 Å². The molecule has 106 valence electrons. The van der Waals surface area contributed by atoms with E-state index in [0.717, 1.165) is 23.2 Å². The van der Waals surface area contributed by atoms with E-state index in [2.05, 4.69) is 13.0 Å². The molecule has 1 atom stereocenters. The van der Waals surface area contributed by atoms with Gasteiger partial charge in [0.25, 0.3) is 5.91 Å². The highest BCUT2D eigenvalue weighted by atomic mass is 16.2. The number of rotatable bonds is 2. The van der Waals surface area contributed by atoms with Crippen LogP contribution in [0.3, 0.4) is 0 Å². The van der Waals surface area contributed by atoms with Crippen molar-refractivity contribution in [3.63, 3.8) is 0 Å². The second-order valence-electron chi connectivity index (χ2n) is 5.60. The summed E-state index contributed by atoms with van der Waals surface area (Å²) < 4.78 is 0. The number of benzene rings is 2. The van der Waals surface area contributed by atoms with Gasteiger partial charge in [-0.2, -0.15) is 0 Å². The summed E-state index contributed by atoms with van der Waals surface area (Å²) in [4.78, 5) is 14.7. The molecular formula is C19H19NO. The van der Waals surface area contributed by atoms with Gasteiger partial charge in [0.2, 0.25) is 0 Å². The van der Waals surface area contributed by atoms with Crippen LogP contribution in [0.25, 0.3) is 6.08 Å². The van der Waals surface area contributed by atoms with Crippen molar-refractivity contribution in [3.05, 3.63) is 71.3 Å². The Balaban J connectivity index is 1.90. The molecule has 0 aromatic heterocycles. The summed E-state index contributed by atoms with van der Waals surface area (Å²) in [6, 6.07) is 18.4. The zero-order valence-electron chi connectivity index (χ0n) is 12.4. The van der Waals surface area contributed by atoms with E-state index < -0.39 is 0 Å². The minimum atomic E-state index is 0.0938. The molecule has 0 N–H and O–H groups in total. The summed E-state index contributed by atoms with van der Waals surface area (Å²) in [5.74, 6) is 0.0938. The van der Waals surface area contributed by atoms with Gasteiger partial charge in [0.15, 0.2) is 0 Å². The van der Waals surface area contributed by atoms with Crippen LogP contribution >= 0.6 is 0 Å². The summed E-state index contributed by atoms with van der Waals surface area (Å²) in [6.07, 6.45) is 2.89.